The molecule has 3 rings (SSSR count). The lowest BCUT2D eigenvalue weighted by molar-refractivity contribution is -0.151. The first-order valence-corrected chi connectivity index (χ1v) is 9.58. The minimum absolute atomic E-state index is 0.0217. The number of tetrazole rings is 1. The zero-order valence-electron chi connectivity index (χ0n) is 14.6. The first kappa shape index (κ1) is 18.4. The molecule has 0 bridgehead atoms. The van der Waals surface area contributed by atoms with Crippen molar-refractivity contribution in [1.82, 2.24) is 25.1 Å². The summed E-state index contributed by atoms with van der Waals surface area (Å²) in [5, 5.41) is 12.2. The largest absolute Gasteiger partial charge is 0.466 e. The molecule has 1 aliphatic heterocycles. The second-order valence-electron chi connectivity index (χ2n) is 5.93. The van der Waals surface area contributed by atoms with Gasteiger partial charge in [0.05, 0.1) is 24.0 Å². The van der Waals surface area contributed by atoms with E-state index in [1.54, 1.807) is 16.5 Å². The molecule has 1 aromatic heterocycles. The minimum Gasteiger partial charge on any atom is -0.466 e. The zero-order chi connectivity index (χ0) is 18.4. The van der Waals surface area contributed by atoms with Gasteiger partial charge in [-0.2, -0.15) is 4.68 Å². The quantitative estimate of drug-likeness (QED) is 0.559. The highest BCUT2D eigenvalue weighted by Crippen LogP contribution is 2.22. The van der Waals surface area contributed by atoms with E-state index in [9.17, 15) is 9.59 Å². The summed E-state index contributed by atoms with van der Waals surface area (Å²) in [6.07, 6.45) is 1.57. The number of esters is 1. The molecule has 0 unspecified atom stereocenters. The number of rotatable bonds is 6. The highest BCUT2D eigenvalue weighted by Gasteiger charge is 2.29. The summed E-state index contributed by atoms with van der Waals surface area (Å²) in [6.45, 7) is 3.24. The molecular weight excluding hydrogens is 354 g/mol. The van der Waals surface area contributed by atoms with Gasteiger partial charge in [0.1, 0.15) is 0 Å². The van der Waals surface area contributed by atoms with E-state index in [0.717, 1.165) is 18.5 Å². The van der Waals surface area contributed by atoms with Crippen LogP contribution in [0.5, 0.6) is 0 Å². The molecule has 0 aliphatic carbocycles. The molecule has 2 aromatic rings. The fourth-order valence-corrected chi connectivity index (χ4v) is 3.67. The molecule has 9 heteroatoms. The summed E-state index contributed by atoms with van der Waals surface area (Å²) in [7, 11) is 0. The molecule has 2 heterocycles. The van der Waals surface area contributed by atoms with Crippen LogP contribution >= 0.6 is 11.8 Å². The molecule has 1 aliphatic rings. The molecule has 1 saturated heterocycles. The Bertz CT molecular complexity index is 752. The maximum atomic E-state index is 12.5. The van der Waals surface area contributed by atoms with Crippen molar-refractivity contribution in [3.63, 3.8) is 0 Å². The van der Waals surface area contributed by atoms with Gasteiger partial charge in [-0.15, -0.1) is 5.10 Å². The molecule has 1 amide bonds. The second-order valence-corrected chi connectivity index (χ2v) is 6.87. The summed E-state index contributed by atoms with van der Waals surface area (Å²) in [5.74, 6) is -0.243. The van der Waals surface area contributed by atoms with E-state index in [2.05, 4.69) is 15.5 Å². The van der Waals surface area contributed by atoms with Gasteiger partial charge in [-0.1, -0.05) is 30.0 Å². The van der Waals surface area contributed by atoms with Crippen molar-refractivity contribution in [1.29, 1.82) is 0 Å². The van der Waals surface area contributed by atoms with Crippen molar-refractivity contribution < 1.29 is 14.3 Å². The summed E-state index contributed by atoms with van der Waals surface area (Å²) in [5.41, 5.74) is 0.841. The number of carbonyl (C=O) groups is 2. The van der Waals surface area contributed by atoms with Crippen molar-refractivity contribution >= 4 is 23.6 Å². The van der Waals surface area contributed by atoms with E-state index in [1.165, 1.54) is 11.8 Å². The Hall–Kier alpha value is -2.42. The number of benzene rings is 1. The topological polar surface area (TPSA) is 90.2 Å². The predicted octanol–water partition coefficient (Wildman–Crippen LogP) is 1.56. The van der Waals surface area contributed by atoms with Gasteiger partial charge in [0.2, 0.25) is 11.1 Å². The van der Waals surface area contributed by atoms with Gasteiger partial charge in [-0.25, -0.2) is 0 Å². The standard InChI is InChI=1S/C17H21N5O3S/c1-2-25-16(24)13-7-6-10-21(11-13)15(23)12-26-17-18-19-20-22(17)14-8-4-3-5-9-14/h3-5,8-9,13H,2,6-7,10-12H2,1H3/t13-/m0/s1. The summed E-state index contributed by atoms with van der Waals surface area (Å²) in [4.78, 5) is 26.2. The fourth-order valence-electron chi connectivity index (χ4n) is 2.87. The number of hydrogen-bond donors (Lipinski definition) is 0. The molecular formula is C17H21N5O3S. The lowest BCUT2D eigenvalue weighted by Gasteiger charge is -2.31. The van der Waals surface area contributed by atoms with Gasteiger partial charge >= 0.3 is 5.97 Å². The van der Waals surface area contributed by atoms with E-state index in [-0.39, 0.29) is 23.5 Å². The number of carbonyl (C=O) groups excluding carboxylic acids is 2. The van der Waals surface area contributed by atoms with Crippen LogP contribution in [0.1, 0.15) is 19.8 Å². The van der Waals surface area contributed by atoms with Crippen molar-refractivity contribution in [3.8, 4) is 5.69 Å². The van der Waals surface area contributed by atoms with Crippen LogP contribution in [0.25, 0.3) is 5.69 Å². The number of thioether (sulfide) groups is 1. The third-order valence-electron chi connectivity index (χ3n) is 4.16. The summed E-state index contributed by atoms with van der Waals surface area (Å²) in [6, 6.07) is 9.52. The van der Waals surface area contributed by atoms with Gasteiger partial charge in [0.25, 0.3) is 0 Å². The van der Waals surface area contributed by atoms with Crippen LogP contribution in [-0.2, 0) is 14.3 Å². The molecule has 138 valence electrons. The normalized spacial score (nSPS) is 17.1. The molecule has 1 atom stereocenters. The van der Waals surface area contributed by atoms with Crippen LogP contribution in [0.2, 0.25) is 0 Å². The number of likely N-dealkylation sites (tertiary alicyclic amines) is 1. The van der Waals surface area contributed by atoms with E-state index in [0.29, 0.717) is 24.9 Å². The third kappa shape index (κ3) is 4.40. The number of ether oxygens (including phenoxy) is 1. The molecule has 0 N–H and O–H groups in total. The van der Waals surface area contributed by atoms with Crippen molar-refractivity contribution in [2.24, 2.45) is 5.92 Å². The Morgan fingerprint density at radius 3 is 2.88 bits per heavy atom. The molecule has 1 aromatic carbocycles. The SMILES string of the molecule is CCOC(=O)[C@H]1CCCN(C(=O)CSc2nnnn2-c2ccccc2)C1. The van der Waals surface area contributed by atoms with Crippen LogP contribution in [-0.4, -0.2) is 62.4 Å². The number of hydrogen-bond acceptors (Lipinski definition) is 7. The first-order chi connectivity index (χ1) is 12.7. The molecule has 0 radical (unpaired) electrons. The number of piperidine rings is 1. The van der Waals surface area contributed by atoms with Gasteiger partial charge in [-0.05, 0) is 42.3 Å². The monoisotopic (exact) mass is 375 g/mol. The average Bonchev–Trinajstić information content (AvgIpc) is 3.15. The van der Waals surface area contributed by atoms with Gasteiger partial charge in [0.15, 0.2) is 0 Å². The number of nitrogens with zero attached hydrogens (tertiary/aromatic N) is 5. The maximum Gasteiger partial charge on any atom is 0.310 e. The van der Waals surface area contributed by atoms with Gasteiger partial charge in [-0.3, -0.25) is 9.59 Å². The first-order valence-electron chi connectivity index (χ1n) is 8.60. The molecule has 8 nitrogen and oxygen atoms in total. The fraction of sp³-hybridized carbons (Fsp3) is 0.471. The van der Waals surface area contributed by atoms with E-state index in [1.807, 2.05) is 30.3 Å². The second kappa shape index (κ2) is 8.79. The van der Waals surface area contributed by atoms with Crippen LogP contribution in [0.4, 0.5) is 0 Å². The van der Waals surface area contributed by atoms with E-state index >= 15 is 0 Å². The number of para-hydroxylation sites is 1. The van der Waals surface area contributed by atoms with Crippen molar-refractivity contribution in [3.05, 3.63) is 30.3 Å². The van der Waals surface area contributed by atoms with Gasteiger partial charge < -0.3 is 9.64 Å². The van der Waals surface area contributed by atoms with Crippen molar-refractivity contribution in [2.45, 2.75) is 24.9 Å². The Morgan fingerprint density at radius 1 is 1.31 bits per heavy atom. The lowest BCUT2D eigenvalue weighted by Crippen LogP contribution is -2.43. The predicted molar refractivity (Wildman–Crippen MR) is 95.8 cm³/mol. The number of amides is 1. The number of aromatic nitrogens is 4. The third-order valence-corrected chi connectivity index (χ3v) is 5.06. The van der Waals surface area contributed by atoms with Crippen LogP contribution < -0.4 is 0 Å². The lowest BCUT2D eigenvalue weighted by atomic mass is 9.98. The Kier molecular flexibility index (Phi) is 6.21. The minimum atomic E-state index is -0.229. The Balaban J connectivity index is 1.58. The summed E-state index contributed by atoms with van der Waals surface area (Å²) < 4.78 is 6.69. The highest BCUT2D eigenvalue weighted by atomic mass is 32.2. The van der Waals surface area contributed by atoms with Crippen LogP contribution in [0.3, 0.4) is 0 Å². The molecule has 0 spiro atoms. The highest BCUT2D eigenvalue weighted by molar-refractivity contribution is 7.99. The molecule has 26 heavy (non-hydrogen) atoms. The average molecular weight is 375 g/mol. The Labute approximate surface area is 155 Å². The molecule has 1 fully saturated rings. The van der Waals surface area contributed by atoms with Crippen LogP contribution in [0.15, 0.2) is 35.5 Å². The van der Waals surface area contributed by atoms with Crippen LogP contribution in [0, 0.1) is 5.92 Å². The smallest absolute Gasteiger partial charge is 0.310 e. The zero-order valence-corrected chi connectivity index (χ0v) is 15.4. The van der Waals surface area contributed by atoms with Crippen molar-refractivity contribution in [2.75, 3.05) is 25.4 Å². The van der Waals surface area contributed by atoms with E-state index in [4.69, 9.17) is 4.74 Å². The van der Waals surface area contributed by atoms with Gasteiger partial charge in [0, 0.05) is 13.1 Å². The Morgan fingerprint density at radius 2 is 2.12 bits per heavy atom. The molecule has 0 saturated carbocycles. The summed E-state index contributed by atoms with van der Waals surface area (Å²) >= 11 is 1.29. The van der Waals surface area contributed by atoms with E-state index < -0.39 is 0 Å². The maximum absolute atomic E-state index is 12.5.